The van der Waals surface area contributed by atoms with Gasteiger partial charge in [0.25, 0.3) is 0 Å². The van der Waals surface area contributed by atoms with Crippen LogP contribution in [0.5, 0.6) is 5.75 Å². The smallest absolute Gasteiger partial charge is 0.411 e. The zero-order valence-electron chi connectivity index (χ0n) is 15.5. The molecule has 2 atom stereocenters. The van der Waals surface area contributed by atoms with Crippen molar-refractivity contribution >= 4 is 17.4 Å². The van der Waals surface area contributed by atoms with Crippen molar-refractivity contribution < 1.29 is 19.2 Å². The predicted molar refractivity (Wildman–Crippen MR) is 97.1 cm³/mol. The molecule has 2 unspecified atom stereocenters. The summed E-state index contributed by atoms with van der Waals surface area (Å²) < 4.78 is 10.7. The Labute approximate surface area is 152 Å². The first-order valence-corrected chi connectivity index (χ1v) is 8.74. The van der Waals surface area contributed by atoms with Gasteiger partial charge in [-0.3, -0.25) is 15.0 Å². The highest BCUT2D eigenvalue weighted by atomic mass is 16.6. The number of amides is 1. The molecule has 0 spiro atoms. The molecule has 0 radical (unpaired) electrons. The first-order chi connectivity index (χ1) is 12.2. The number of nitro benzene ring substituents is 1. The number of hydrogen-bond acceptors (Lipinski definition) is 5. The Balaban J connectivity index is 1.85. The zero-order chi connectivity index (χ0) is 19.1. The molecule has 1 fully saturated rings. The second-order valence-corrected chi connectivity index (χ2v) is 7.73. The fraction of sp³-hybridized carbons (Fsp3) is 0.526. The van der Waals surface area contributed by atoms with Gasteiger partial charge < -0.3 is 9.47 Å². The molecule has 2 aliphatic heterocycles. The van der Waals surface area contributed by atoms with Crippen LogP contribution in [0.2, 0.25) is 0 Å². The average Bonchev–Trinajstić information content (AvgIpc) is 2.83. The summed E-state index contributed by atoms with van der Waals surface area (Å²) in [6.07, 6.45) is 4.33. The first-order valence-electron chi connectivity index (χ1n) is 8.74. The van der Waals surface area contributed by atoms with E-state index in [-0.39, 0.29) is 29.6 Å². The average molecular weight is 360 g/mol. The number of rotatable bonds is 3. The van der Waals surface area contributed by atoms with Gasteiger partial charge in [-0.15, -0.1) is 0 Å². The zero-order valence-corrected chi connectivity index (χ0v) is 15.5. The Morgan fingerprint density at radius 2 is 2.04 bits per heavy atom. The number of methoxy groups -OCH3 is 1. The van der Waals surface area contributed by atoms with Gasteiger partial charge >= 0.3 is 11.8 Å². The Kier molecular flexibility index (Phi) is 4.64. The van der Waals surface area contributed by atoms with Crippen LogP contribution in [0.15, 0.2) is 24.3 Å². The maximum absolute atomic E-state index is 12.5. The van der Waals surface area contributed by atoms with E-state index in [4.69, 9.17) is 9.47 Å². The van der Waals surface area contributed by atoms with Crippen LogP contribution in [-0.4, -0.2) is 40.7 Å². The van der Waals surface area contributed by atoms with Crippen LogP contribution in [0.3, 0.4) is 0 Å². The van der Waals surface area contributed by atoms with Crippen molar-refractivity contribution in [2.45, 2.75) is 57.7 Å². The number of carbonyl (C=O) groups excluding carboxylic acids is 1. The minimum atomic E-state index is -0.522. The minimum absolute atomic E-state index is 0.000197. The second-order valence-electron chi connectivity index (χ2n) is 7.73. The molecule has 7 heteroatoms. The maximum atomic E-state index is 12.5. The minimum Gasteiger partial charge on any atom is -0.490 e. The van der Waals surface area contributed by atoms with E-state index in [2.05, 4.69) is 6.08 Å². The molecule has 1 amide bonds. The summed E-state index contributed by atoms with van der Waals surface area (Å²) in [6.45, 7) is 5.59. The molecule has 2 aliphatic rings. The summed E-state index contributed by atoms with van der Waals surface area (Å²) in [7, 11) is 1.43. The van der Waals surface area contributed by atoms with E-state index in [1.807, 2.05) is 25.7 Å². The summed E-state index contributed by atoms with van der Waals surface area (Å²) in [5.74, 6) is 0.246. The fourth-order valence-electron chi connectivity index (χ4n) is 3.67. The standard InChI is InChI=1S/C19H24N2O5/c1-19(2,3)26-18(22)20-14-6-7-15(20)10-13(9-14)12-5-8-16(21(23)24)17(11-12)25-4/h5,8-9,11,14-15H,6-7,10H2,1-4H3. The van der Waals surface area contributed by atoms with Gasteiger partial charge in [0, 0.05) is 12.1 Å². The first kappa shape index (κ1) is 18.2. The van der Waals surface area contributed by atoms with E-state index in [0.29, 0.717) is 6.42 Å². The van der Waals surface area contributed by atoms with Crippen molar-refractivity contribution in [2.24, 2.45) is 0 Å². The van der Waals surface area contributed by atoms with Crippen molar-refractivity contribution in [3.63, 3.8) is 0 Å². The third kappa shape index (κ3) is 3.52. The van der Waals surface area contributed by atoms with E-state index < -0.39 is 10.5 Å². The van der Waals surface area contributed by atoms with E-state index in [9.17, 15) is 14.9 Å². The van der Waals surface area contributed by atoms with Gasteiger partial charge in [-0.1, -0.05) is 6.08 Å². The summed E-state index contributed by atoms with van der Waals surface area (Å²) in [6, 6.07) is 5.01. The molecule has 2 bridgehead atoms. The maximum Gasteiger partial charge on any atom is 0.411 e. The van der Waals surface area contributed by atoms with Crippen LogP contribution in [-0.2, 0) is 4.74 Å². The molecular weight excluding hydrogens is 336 g/mol. The second kappa shape index (κ2) is 6.63. The van der Waals surface area contributed by atoms with Gasteiger partial charge in [-0.25, -0.2) is 4.79 Å². The molecule has 2 heterocycles. The van der Waals surface area contributed by atoms with Crippen LogP contribution >= 0.6 is 0 Å². The quantitative estimate of drug-likeness (QED) is 0.597. The summed E-state index contributed by atoms with van der Waals surface area (Å²) >= 11 is 0. The lowest BCUT2D eigenvalue weighted by Gasteiger charge is -2.35. The topological polar surface area (TPSA) is 81.9 Å². The van der Waals surface area contributed by atoms with E-state index in [0.717, 1.165) is 24.0 Å². The van der Waals surface area contributed by atoms with Crippen LogP contribution in [0.25, 0.3) is 5.57 Å². The molecule has 1 aromatic rings. The monoisotopic (exact) mass is 360 g/mol. The number of hydrogen-bond donors (Lipinski definition) is 0. The number of carbonyl (C=O) groups is 1. The fourth-order valence-corrected chi connectivity index (χ4v) is 3.67. The van der Waals surface area contributed by atoms with Crippen molar-refractivity contribution in [2.75, 3.05) is 7.11 Å². The molecule has 140 valence electrons. The lowest BCUT2D eigenvalue weighted by atomic mass is 9.94. The Hall–Kier alpha value is -2.57. The van der Waals surface area contributed by atoms with Crippen molar-refractivity contribution in [1.29, 1.82) is 0 Å². The van der Waals surface area contributed by atoms with Crippen molar-refractivity contribution in [1.82, 2.24) is 4.90 Å². The Bertz CT molecular complexity index is 766. The third-order valence-corrected chi connectivity index (χ3v) is 4.75. The van der Waals surface area contributed by atoms with Crippen LogP contribution in [0.4, 0.5) is 10.5 Å². The molecular formula is C19H24N2O5. The van der Waals surface area contributed by atoms with Gasteiger partial charge in [-0.05, 0) is 63.3 Å². The summed E-state index contributed by atoms with van der Waals surface area (Å²) in [5, 5.41) is 11.1. The SMILES string of the molecule is COc1cc(C2=CC3CCC(C2)N3C(=O)OC(C)(C)C)ccc1[N+](=O)[O-]. The van der Waals surface area contributed by atoms with Gasteiger partial charge in [0.2, 0.25) is 0 Å². The molecule has 1 aromatic carbocycles. The molecule has 0 saturated carbocycles. The predicted octanol–water partition coefficient (Wildman–Crippen LogP) is 4.16. The number of ether oxygens (including phenoxy) is 2. The van der Waals surface area contributed by atoms with Gasteiger partial charge in [-0.2, -0.15) is 0 Å². The molecule has 1 saturated heterocycles. The molecule has 26 heavy (non-hydrogen) atoms. The number of nitro groups is 1. The van der Waals surface area contributed by atoms with Crippen LogP contribution in [0.1, 0.15) is 45.6 Å². The van der Waals surface area contributed by atoms with Gasteiger partial charge in [0.1, 0.15) is 5.60 Å². The highest BCUT2D eigenvalue weighted by molar-refractivity contribution is 5.76. The van der Waals surface area contributed by atoms with Gasteiger partial charge in [0.05, 0.1) is 18.1 Å². The lowest BCUT2D eigenvalue weighted by Crippen LogP contribution is -2.45. The molecule has 3 rings (SSSR count). The van der Waals surface area contributed by atoms with E-state index in [1.165, 1.54) is 13.2 Å². The summed E-state index contributed by atoms with van der Waals surface area (Å²) in [4.78, 5) is 25.0. The molecule has 0 aromatic heterocycles. The highest BCUT2D eigenvalue weighted by Gasteiger charge is 2.41. The number of benzene rings is 1. The van der Waals surface area contributed by atoms with Crippen molar-refractivity contribution in [3.05, 3.63) is 40.0 Å². The molecule has 0 N–H and O–H groups in total. The Morgan fingerprint density at radius 3 is 2.62 bits per heavy atom. The third-order valence-electron chi connectivity index (χ3n) is 4.75. The largest absolute Gasteiger partial charge is 0.490 e. The molecule has 7 nitrogen and oxygen atoms in total. The normalized spacial score (nSPS) is 22.0. The van der Waals surface area contributed by atoms with Crippen LogP contribution < -0.4 is 4.74 Å². The van der Waals surface area contributed by atoms with Crippen molar-refractivity contribution in [3.8, 4) is 5.75 Å². The highest BCUT2D eigenvalue weighted by Crippen LogP contribution is 2.41. The lowest BCUT2D eigenvalue weighted by molar-refractivity contribution is -0.385. The Morgan fingerprint density at radius 1 is 1.31 bits per heavy atom. The van der Waals surface area contributed by atoms with E-state index >= 15 is 0 Å². The number of fused-ring (bicyclic) bond motifs is 2. The van der Waals surface area contributed by atoms with Crippen LogP contribution in [0, 0.1) is 10.1 Å². The summed E-state index contributed by atoms with van der Waals surface area (Å²) in [5.41, 5.74) is 1.41. The van der Waals surface area contributed by atoms with E-state index in [1.54, 1.807) is 12.1 Å². The molecule has 0 aliphatic carbocycles. The van der Waals surface area contributed by atoms with Gasteiger partial charge in [0.15, 0.2) is 5.75 Å². The number of nitrogens with zero attached hydrogens (tertiary/aromatic N) is 2.